The molecule has 13 nitrogen and oxygen atoms in total. The number of para-hydroxylation sites is 7. The second kappa shape index (κ2) is 35.9. The zero-order valence-corrected chi connectivity index (χ0v) is 65.5. The van der Waals surface area contributed by atoms with E-state index >= 15 is 0 Å². The molecule has 0 saturated carbocycles. The number of fused-ring (bicyclic) bond motifs is 17. The molecule has 0 spiro atoms. The van der Waals surface area contributed by atoms with Crippen molar-refractivity contribution in [3.63, 3.8) is 0 Å². The predicted molar refractivity (Wildman–Crippen MR) is 440 cm³/mol. The van der Waals surface area contributed by atoms with Gasteiger partial charge in [0, 0.05) is 134 Å². The van der Waals surface area contributed by atoms with Crippen LogP contribution in [-0.2, 0) is 0 Å². The molecule has 0 aliphatic carbocycles. The number of H-pyrrole nitrogens is 5. The molecule has 9 heterocycles. The molecule has 13 aromatic carbocycles. The quantitative estimate of drug-likeness (QED) is 0.125. The third kappa shape index (κ3) is 16.2. The molecule has 22 aromatic rings. The second-order valence-electron chi connectivity index (χ2n) is 26.3. The summed E-state index contributed by atoms with van der Waals surface area (Å²) < 4.78 is 7.44. The molecule has 5 N–H and O–H groups in total. The van der Waals surface area contributed by atoms with Crippen molar-refractivity contribution < 1.29 is 118 Å². The Bertz CT molecular complexity index is 6720. The van der Waals surface area contributed by atoms with Crippen molar-refractivity contribution in [1.29, 1.82) is 0 Å². The summed E-state index contributed by atoms with van der Waals surface area (Å²) in [5.74, 6) is 0.240. The first-order valence-corrected chi connectivity index (χ1v) is 36.7. The molecule has 0 bridgehead atoms. The van der Waals surface area contributed by atoms with Crippen LogP contribution in [-0.4, -0.2) is 24.2 Å². The molecule has 526 valence electrons. The van der Waals surface area contributed by atoms with Crippen molar-refractivity contribution in [2.75, 3.05) is 0 Å². The van der Waals surface area contributed by atoms with Gasteiger partial charge >= 0.3 is 77.4 Å². The number of hydrogen-bond donors (Lipinski definition) is 0. The molecule has 0 saturated heterocycles. The fourth-order valence-corrected chi connectivity index (χ4v) is 15.6. The zero-order chi connectivity index (χ0) is 74.4. The monoisotopic (exact) mass is 1490 g/mol. The molecular weight excluding hydrogens is 1420 g/mol. The van der Waals surface area contributed by atoms with Crippen LogP contribution in [0.5, 0.6) is 28.7 Å². The molecular formula is C96H66BeLi2N8NaO5S+5. The van der Waals surface area contributed by atoms with Crippen LogP contribution in [0.25, 0.3) is 163 Å². The van der Waals surface area contributed by atoms with E-state index in [0.717, 1.165) is 71.2 Å². The molecule has 114 heavy (non-hydrogen) atoms. The number of nitrogens with zero attached hydrogens (tertiary/aromatic N) is 3. The van der Waals surface area contributed by atoms with Gasteiger partial charge in [-0.2, -0.15) is 0 Å². The van der Waals surface area contributed by atoms with E-state index in [1.54, 1.807) is 79.3 Å². The summed E-state index contributed by atoms with van der Waals surface area (Å²) >= 11 is 1.87. The first kappa shape index (κ1) is 79.6. The number of hydrogen-bond acceptors (Lipinski definition) is 7. The van der Waals surface area contributed by atoms with Crippen molar-refractivity contribution in [1.82, 2.24) is 14.1 Å². The van der Waals surface area contributed by atoms with E-state index in [4.69, 9.17) is 0 Å². The van der Waals surface area contributed by atoms with Gasteiger partial charge in [0.15, 0.2) is 24.8 Å². The Balaban J connectivity index is 0.000000128. The van der Waals surface area contributed by atoms with Crippen LogP contribution in [0.15, 0.2) is 371 Å². The van der Waals surface area contributed by atoms with E-state index in [1.165, 1.54) is 75.2 Å². The Labute approximate surface area is 709 Å². The normalized spacial score (nSPS) is 10.7. The summed E-state index contributed by atoms with van der Waals surface area (Å²) in [5.41, 5.74) is 13.7. The maximum Gasteiger partial charge on any atom is 2.00 e. The smallest absolute Gasteiger partial charge is 0.872 e. The summed E-state index contributed by atoms with van der Waals surface area (Å²) in [6.45, 7) is 0. The van der Waals surface area contributed by atoms with Gasteiger partial charge in [-0.25, -0.2) is 29.9 Å². The summed E-state index contributed by atoms with van der Waals surface area (Å²) in [6.07, 6.45) is 8.94. The maximum atomic E-state index is 11.8. The maximum absolute atomic E-state index is 11.8. The predicted octanol–water partition coefficient (Wildman–Crippen LogP) is 8.40. The molecule has 0 amide bonds. The number of rotatable bonds is 4. The van der Waals surface area contributed by atoms with Gasteiger partial charge in [0.25, 0.3) is 0 Å². The summed E-state index contributed by atoms with van der Waals surface area (Å²) in [4.78, 5) is 19.6. The molecule has 18 heteroatoms. The fraction of sp³-hybridized carbons (Fsp3) is 0. The van der Waals surface area contributed by atoms with Gasteiger partial charge < -0.3 is 34.7 Å². The summed E-state index contributed by atoms with van der Waals surface area (Å²) in [6, 6.07) is 112. The van der Waals surface area contributed by atoms with Crippen LogP contribution in [0.4, 0.5) is 0 Å². The van der Waals surface area contributed by atoms with E-state index in [2.05, 4.69) is 172 Å². The Kier molecular flexibility index (Phi) is 25.1. The van der Waals surface area contributed by atoms with Crippen molar-refractivity contribution >= 4 is 150 Å². The van der Waals surface area contributed by atoms with Crippen molar-refractivity contribution in [2.24, 2.45) is 0 Å². The van der Waals surface area contributed by atoms with Gasteiger partial charge in [-0.1, -0.05) is 187 Å². The number of aromatic nitrogens is 8. The molecule has 0 unspecified atom stereocenters. The average Bonchev–Trinajstić information content (AvgIpc) is 1.58. The summed E-state index contributed by atoms with van der Waals surface area (Å²) in [5, 5.41) is 73.0. The van der Waals surface area contributed by atoms with Crippen molar-refractivity contribution in [2.45, 2.75) is 0 Å². The van der Waals surface area contributed by atoms with Crippen LogP contribution in [0, 0.1) is 0 Å². The van der Waals surface area contributed by atoms with Crippen LogP contribution in [0.3, 0.4) is 0 Å². The van der Waals surface area contributed by atoms with Crippen LogP contribution >= 0.6 is 11.3 Å². The number of nitrogens with one attached hydrogen (secondary N) is 5. The minimum Gasteiger partial charge on any atom is -0.872 e. The second-order valence-corrected chi connectivity index (χ2v) is 27.4. The van der Waals surface area contributed by atoms with Gasteiger partial charge in [-0.3, -0.25) is 0 Å². The molecule has 22 rings (SSSR count). The van der Waals surface area contributed by atoms with E-state index in [9.17, 15) is 25.5 Å². The third-order valence-corrected chi connectivity index (χ3v) is 20.8. The van der Waals surface area contributed by atoms with Gasteiger partial charge in [-0.15, -0.1) is 11.3 Å². The van der Waals surface area contributed by atoms with Gasteiger partial charge in [0.05, 0.1) is 22.1 Å². The summed E-state index contributed by atoms with van der Waals surface area (Å²) in [7, 11) is 0. The fourth-order valence-electron chi connectivity index (χ4n) is 14.5. The van der Waals surface area contributed by atoms with E-state index in [-0.39, 0.29) is 106 Å². The number of pyridine rings is 6. The van der Waals surface area contributed by atoms with Gasteiger partial charge in [-0.05, 0) is 156 Å². The number of thiophene rings is 1. The first-order valence-electron chi connectivity index (χ1n) is 35.9. The zero-order valence-electron chi connectivity index (χ0n) is 62.7. The Morgan fingerprint density at radius 1 is 0.281 bits per heavy atom. The Morgan fingerprint density at radius 3 is 1.04 bits per heavy atom. The van der Waals surface area contributed by atoms with E-state index in [1.807, 2.05) is 169 Å². The molecule has 0 aliphatic heterocycles. The SMILES string of the molecule is [Be+2].[Li+].[Li+].[Na+].[O-]c1cccc2ccc3ccc[nH+]c3c12.[O-]c1cccc2ccc3ccc[nH+]c3c12.[O-]c1cccc2ccc[nH+]c12.[O-]c1cccc2ccc[nH+]c12.[O-]c1ccccc1-c1cccc(-c2ccccn2)[nH+]1.c1ccc2c(c1)c1ccccc1n2-c1ccc2sc3ccc(-n4c5ccccc5c5ccccc54)cc3c2c1. The topological polar surface area (TPSA) is 209 Å². The third-order valence-electron chi connectivity index (χ3n) is 19.6. The molecule has 0 radical (unpaired) electrons. The van der Waals surface area contributed by atoms with Crippen LogP contribution < -0.4 is 118 Å². The molecule has 0 atom stereocenters. The van der Waals surface area contributed by atoms with Crippen molar-refractivity contribution in [3.05, 3.63) is 371 Å². The number of benzene rings is 13. The average molecular weight is 1490 g/mol. The van der Waals surface area contributed by atoms with Crippen LogP contribution in [0.1, 0.15) is 0 Å². The van der Waals surface area contributed by atoms with Gasteiger partial charge in [0.1, 0.15) is 5.69 Å². The van der Waals surface area contributed by atoms with Gasteiger partial charge in [0.2, 0.25) is 33.5 Å². The first-order chi connectivity index (χ1) is 54.2. The van der Waals surface area contributed by atoms with E-state index < -0.39 is 0 Å². The molecule has 9 aromatic heterocycles. The largest absolute Gasteiger partial charge is 2.00 e. The molecule has 0 fully saturated rings. The number of aromatic amines is 5. The van der Waals surface area contributed by atoms with Crippen molar-refractivity contribution in [3.8, 4) is 62.8 Å². The standard InChI is InChI=1S/C36H22N2S.C16H12N2O.2C13H9NO.2C9H7NO.Be.2Li.Na/c1-5-13-31-25(9-1)26-10-2-6-14-32(26)37(31)23-17-19-35-29(21-23)30-22-24(18-20-36(30)39-35)38-33-15-7-3-11-27(33)28-12-4-8-16-34(28)38;19-16-10-2-1-6-12(16)13-8-5-9-15(18-13)14-7-3-4-11-17-14;2*15-11-5-1-3-9-6-7-10-4-2-8-14-13(10)12(9)11;2*11-8-5-1-3-7-4-2-6-10-9(7)8;;;;/h1-22H;1-11,19H;2*1-8,15H;2*1-6,11H;;;;/q;;;;;;+2;3*+1. The van der Waals surface area contributed by atoms with Crippen LogP contribution in [0.2, 0.25) is 0 Å². The Morgan fingerprint density at radius 2 is 0.623 bits per heavy atom. The minimum absolute atomic E-state index is 0. The van der Waals surface area contributed by atoms with E-state index in [0.29, 0.717) is 16.6 Å². The molecule has 0 aliphatic rings. The minimum atomic E-state index is 0. The Hall–Kier alpha value is -12.5.